The van der Waals surface area contributed by atoms with Crippen LogP contribution in [-0.4, -0.2) is 16.0 Å². The Hall–Kier alpha value is -1.16. The topological polar surface area (TPSA) is 71.8 Å². The summed E-state index contributed by atoms with van der Waals surface area (Å²) < 4.78 is 0. The van der Waals surface area contributed by atoms with Gasteiger partial charge in [-0.2, -0.15) is 0 Å². The third kappa shape index (κ3) is 1.85. The average Bonchev–Trinajstić information content (AvgIpc) is 2.18. The zero-order valence-electron chi connectivity index (χ0n) is 8.07. The molecule has 3 N–H and O–H groups in total. The summed E-state index contributed by atoms with van der Waals surface area (Å²) >= 11 is 0. The van der Waals surface area contributed by atoms with Crippen LogP contribution in [0.25, 0.3) is 0 Å². The van der Waals surface area contributed by atoms with E-state index < -0.39 is 0 Å². The predicted molar refractivity (Wildman–Crippen MR) is 54.0 cm³/mol. The van der Waals surface area contributed by atoms with Crippen LogP contribution in [0.3, 0.4) is 0 Å². The van der Waals surface area contributed by atoms with Crippen LogP contribution >= 0.6 is 0 Å². The van der Waals surface area contributed by atoms with E-state index in [0.29, 0.717) is 5.92 Å². The zero-order valence-corrected chi connectivity index (χ0v) is 8.07. The van der Waals surface area contributed by atoms with Gasteiger partial charge in [-0.1, -0.05) is 12.8 Å². The van der Waals surface area contributed by atoms with Crippen LogP contribution in [0.2, 0.25) is 0 Å². The van der Waals surface area contributed by atoms with Crippen molar-refractivity contribution < 1.29 is 0 Å². The predicted octanol–water partition coefficient (Wildman–Crippen LogP) is 0.755. The summed E-state index contributed by atoms with van der Waals surface area (Å²) in [6.07, 6.45) is 6.07. The van der Waals surface area contributed by atoms with Gasteiger partial charge in [-0.25, -0.2) is 9.78 Å². The summed E-state index contributed by atoms with van der Waals surface area (Å²) in [6.45, 7) is 0. The highest BCUT2D eigenvalue weighted by Gasteiger charge is 2.23. The second-order valence-electron chi connectivity index (χ2n) is 3.89. The first-order chi connectivity index (χ1) is 6.77. The molecule has 1 aliphatic carbocycles. The Morgan fingerprint density at radius 1 is 1.43 bits per heavy atom. The first-order valence-corrected chi connectivity index (χ1v) is 5.08. The van der Waals surface area contributed by atoms with Crippen molar-refractivity contribution in [3.05, 3.63) is 28.4 Å². The monoisotopic (exact) mass is 193 g/mol. The second kappa shape index (κ2) is 3.92. The van der Waals surface area contributed by atoms with Crippen molar-refractivity contribution in [2.24, 2.45) is 5.73 Å². The molecule has 0 bridgehead atoms. The molecule has 0 amide bonds. The summed E-state index contributed by atoms with van der Waals surface area (Å²) in [5.41, 5.74) is 6.68. The molecule has 1 aliphatic rings. The molecule has 1 saturated carbocycles. The van der Waals surface area contributed by atoms with Crippen molar-refractivity contribution in [3.8, 4) is 0 Å². The van der Waals surface area contributed by atoms with Gasteiger partial charge in [0.25, 0.3) is 0 Å². The lowest BCUT2D eigenvalue weighted by atomic mass is 9.83. The van der Waals surface area contributed by atoms with Gasteiger partial charge in [0.05, 0.1) is 0 Å². The van der Waals surface area contributed by atoms with Crippen LogP contribution in [0.5, 0.6) is 0 Å². The van der Waals surface area contributed by atoms with E-state index in [4.69, 9.17) is 5.73 Å². The molecule has 14 heavy (non-hydrogen) atoms. The molecule has 1 heterocycles. The molecule has 0 saturated heterocycles. The molecule has 2 rings (SSSR count). The van der Waals surface area contributed by atoms with Crippen molar-refractivity contribution in [1.82, 2.24) is 9.97 Å². The number of nitrogens with two attached hydrogens (primary N) is 1. The van der Waals surface area contributed by atoms with E-state index in [1.807, 2.05) is 6.07 Å². The maximum atomic E-state index is 11.0. The van der Waals surface area contributed by atoms with Crippen LogP contribution in [-0.2, 0) is 0 Å². The Morgan fingerprint density at radius 3 is 2.93 bits per heavy atom. The lowest BCUT2D eigenvalue weighted by molar-refractivity contribution is 0.379. The van der Waals surface area contributed by atoms with Crippen molar-refractivity contribution in [2.75, 3.05) is 0 Å². The Balaban J connectivity index is 2.24. The fourth-order valence-electron chi connectivity index (χ4n) is 2.14. The van der Waals surface area contributed by atoms with Gasteiger partial charge in [0.2, 0.25) is 0 Å². The van der Waals surface area contributed by atoms with Gasteiger partial charge < -0.3 is 10.7 Å². The van der Waals surface area contributed by atoms with Gasteiger partial charge in [-0.05, 0) is 18.9 Å². The Kier molecular flexibility index (Phi) is 2.63. The van der Waals surface area contributed by atoms with Crippen LogP contribution in [0.1, 0.15) is 37.3 Å². The minimum atomic E-state index is -0.278. The first kappa shape index (κ1) is 9.40. The highest BCUT2D eigenvalue weighted by atomic mass is 16.1. The molecule has 2 atom stereocenters. The second-order valence-corrected chi connectivity index (χ2v) is 3.89. The van der Waals surface area contributed by atoms with E-state index in [1.165, 1.54) is 12.8 Å². The molecule has 2 unspecified atom stereocenters. The normalized spacial score (nSPS) is 27.5. The number of hydrogen-bond acceptors (Lipinski definition) is 3. The fraction of sp³-hybridized carbons (Fsp3) is 0.600. The first-order valence-electron chi connectivity index (χ1n) is 5.08. The number of aromatic nitrogens is 2. The molecule has 76 valence electrons. The van der Waals surface area contributed by atoms with E-state index in [1.54, 1.807) is 6.20 Å². The average molecular weight is 193 g/mol. The molecule has 0 radical (unpaired) electrons. The number of hydrogen-bond donors (Lipinski definition) is 2. The van der Waals surface area contributed by atoms with E-state index in [0.717, 1.165) is 18.5 Å². The third-order valence-electron chi connectivity index (χ3n) is 2.92. The van der Waals surface area contributed by atoms with E-state index in [9.17, 15) is 4.79 Å². The quantitative estimate of drug-likeness (QED) is 0.691. The molecule has 0 aliphatic heterocycles. The largest absolute Gasteiger partial charge is 0.345 e. The summed E-state index contributed by atoms with van der Waals surface area (Å²) in [7, 11) is 0. The molecule has 1 aromatic rings. The molecule has 4 nitrogen and oxygen atoms in total. The summed E-state index contributed by atoms with van der Waals surface area (Å²) in [5.74, 6) is 0.305. The van der Waals surface area contributed by atoms with Gasteiger partial charge in [-0.15, -0.1) is 0 Å². The molecule has 4 heteroatoms. The molecule has 1 fully saturated rings. The smallest absolute Gasteiger partial charge is 0.327 e. The van der Waals surface area contributed by atoms with E-state index >= 15 is 0 Å². The molecule has 0 spiro atoms. The number of nitrogens with one attached hydrogen (secondary N) is 1. The number of aromatic amines is 1. The summed E-state index contributed by atoms with van der Waals surface area (Å²) in [4.78, 5) is 17.4. The van der Waals surface area contributed by atoms with Crippen LogP contribution in [0.4, 0.5) is 0 Å². The number of nitrogens with zero attached hydrogens (tertiary/aromatic N) is 1. The Morgan fingerprint density at radius 2 is 2.21 bits per heavy atom. The van der Waals surface area contributed by atoms with Crippen LogP contribution < -0.4 is 11.4 Å². The van der Waals surface area contributed by atoms with Crippen LogP contribution in [0, 0.1) is 0 Å². The molecule has 0 aromatic carbocycles. The zero-order chi connectivity index (χ0) is 9.97. The molecular formula is C10H15N3O. The highest BCUT2D eigenvalue weighted by Crippen LogP contribution is 2.29. The molecular weight excluding hydrogens is 178 g/mol. The van der Waals surface area contributed by atoms with Crippen molar-refractivity contribution in [1.29, 1.82) is 0 Å². The highest BCUT2D eigenvalue weighted by molar-refractivity contribution is 5.09. The summed E-state index contributed by atoms with van der Waals surface area (Å²) in [6, 6.07) is 2.04. The SMILES string of the molecule is NC1CCCCC1c1ccnc(=O)[nH]1. The minimum Gasteiger partial charge on any atom is -0.327 e. The van der Waals surface area contributed by atoms with Gasteiger partial charge >= 0.3 is 5.69 Å². The lowest BCUT2D eigenvalue weighted by Crippen LogP contribution is -2.32. The van der Waals surface area contributed by atoms with E-state index in [-0.39, 0.29) is 11.7 Å². The summed E-state index contributed by atoms with van der Waals surface area (Å²) in [5, 5.41) is 0. The van der Waals surface area contributed by atoms with Gasteiger partial charge in [0, 0.05) is 23.9 Å². The van der Waals surface area contributed by atoms with Crippen LogP contribution in [0.15, 0.2) is 17.1 Å². The fourth-order valence-corrected chi connectivity index (χ4v) is 2.14. The maximum Gasteiger partial charge on any atom is 0.345 e. The maximum absolute atomic E-state index is 11.0. The minimum absolute atomic E-state index is 0.182. The third-order valence-corrected chi connectivity index (χ3v) is 2.92. The van der Waals surface area contributed by atoms with Crippen molar-refractivity contribution in [2.45, 2.75) is 37.6 Å². The number of rotatable bonds is 1. The van der Waals surface area contributed by atoms with Crippen molar-refractivity contribution >= 4 is 0 Å². The van der Waals surface area contributed by atoms with Gasteiger partial charge in [0.1, 0.15) is 0 Å². The Labute approximate surface area is 82.6 Å². The van der Waals surface area contributed by atoms with Gasteiger partial charge in [-0.3, -0.25) is 0 Å². The lowest BCUT2D eigenvalue weighted by Gasteiger charge is -2.28. The molecule has 1 aromatic heterocycles. The Bertz CT molecular complexity index is 360. The van der Waals surface area contributed by atoms with Gasteiger partial charge in [0.15, 0.2) is 0 Å². The van der Waals surface area contributed by atoms with Crippen molar-refractivity contribution in [3.63, 3.8) is 0 Å². The number of H-pyrrole nitrogens is 1. The standard InChI is InChI=1S/C10H15N3O/c11-8-4-2-1-3-7(8)9-5-6-12-10(14)13-9/h5-8H,1-4,11H2,(H,12,13,14). The van der Waals surface area contributed by atoms with E-state index in [2.05, 4.69) is 9.97 Å².